The number of carbonyl (C=O) groups excluding carboxylic acids is 2. The number of hydrogen-bond acceptors (Lipinski definition) is 7. The van der Waals surface area contributed by atoms with Gasteiger partial charge in [0.25, 0.3) is 5.56 Å². The summed E-state index contributed by atoms with van der Waals surface area (Å²) in [7, 11) is 0. The number of fused-ring (bicyclic) bond motifs is 1. The van der Waals surface area contributed by atoms with E-state index in [0.29, 0.717) is 31.9 Å². The van der Waals surface area contributed by atoms with Gasteiger partial charge in [-0.3, -0.25) is 14.2 Å². The third kappa shape index (κ3) is 5.28. The minimum Gasteiger partial charge on any atom is -0.463 e. The van der Waals surface area contributed by atoms with Gasteiger partial charge in [-0.05, 0) is 82.8 Å². The monoisotopic (exact) mass is 714 g/mol. The predicted octanol–water partition coefficient (Wildman–Crippen LogP) is 3.93. The Morgan fingerprint density at radius 2 is 1.91 bits per heavy atom. The second-order valence-corrected chi connectivity index (χ2v) is 11.0. The summed E-state index contributed by atoms with van der Waals surface area (Å²) in [5.74, 6) is -0.549. The first kappa shape index (κ1) is 25.8. The smallest absolute Gasteiger partial charge is 0.338 e. The van der Waals surface area contributed by atoms with E-state index in [2.05, 4.69) is 50.2 Å². The van der Waals surface area contributed by atoms with Crippen LogP contribution in [0, 0.1) is 7.14 Å². The Bertz CT molecular complexity index is 1540. The van der Waals surface area contributed by atoms with E-state index >= 15 is 0 Å². The largest absolute Gasteiger partial charge is 0.463 e. The van der Waals surface area contributed by atoms with Crippen molar-refractivity contribution >= 4 is 74.5 Å². The van der Waals surface area contributed by atoms with Gasteiger partial charge in [0.05, 0.1) is 32.0 Å². The summed E-state index contributed by atoms with van der Waals surface area (Å²) in [4.78, 5) is 43.4. The van der Waals surface area contributed by atoms with Crippen molar-refractivity contribution in [2.75, 3.05) is 6.61 Å². The standard InChI is InChI=1S/C25H20I2N2O5S/c1-4-33-24(32)20-13(2)28-25-29(21(20)15-8-6-5-7-9-15)23(31)19(35-25)11-16-10-17(26)12-18(27)22(16)34-14(3)30/h5-12,21H,4H2,1-3H3/b19-11-/t21-/m1/s1. The molecule has 0 radical (unpaired) electrons. The number of carbonyl (C=O) groups is 2. The van der Waals surface area contributed by atoms with Crippen molar-refractivity contribution in [2.24, 2.45) is 4.99 Å². The zero-order valence-corrected chi connectivity index (χ0v) is 24.1. The summed E-state index contributed by atoms with van der Waals surface area (Å²) in [5.41, 5.74) is 1.94. The number of rotatable bonds is 5. The Labute approximate surface area is 232 Å². The summed E-state index contributed by atoms with van der Waals surface area (Å²) >= 11 is 5.51. The second-order valence-electron chi connectivity index (χ2n) is 7.61. The molecule has 0 amide bonds. The molecule has 4 rings (SSSR count). The van der Waals surface area contributed by atoms with Gasteiger partial charge < -0.3 is 9.47 Å². The van der Waals surface area contributed by atoms with E-state index < -0.39 is 18.0 Å². The van der Waals surface area contributed by atoms with Crippen molar-refractivity contribution in [3.05, 3.63) is 91.7 Å². The molecular weight excluding hydrogens is 694 g/mol. The van der Waals surface area contributed by atoms with Gasteiger partial charge in [0.2, 0.25) is 0 Å². The van der Waals surface area contributed by atoms with Gasteiger partial charge in [-0.2, -0.15) is 0 Å². The van der Waals surface area contributed by atoms with E-state index in [4.69, 9.17) is 9.47 Å². The Kier molecular flexibility index (Phi) is 7.91. The van der Waals surface area contributed by atoms with Crippen molar-refractivity contribution in [3.8, 4) is 5.75 Å². The molecule has 35 heavy (non-hydrogen) atoms. The molecule has 2 aromatic carbocycles. The Hall–Kier alpha value is -2.32. The summed E-state index contributed by atoms with van der Waals surface area (Å²) in [6.07, 6.45) is 1.71. The molecule has 7 nitrogen and oxygen atoms in total. The highest BCUT2D eigenvalue weighted by atomic mass is 127. The van der Waals surface area contributed by atoms with Crippen molar-refractivity contribution in [3.63, 3.8) is 0 Å². The van der Waals surface area contributed by atoms with Crippen LogP contribution in [0.25, 0.3) is 6.08 Å². The van der Waals surface area contributed by atoms with E-state index in [1.54, 1.807) is 19.9 Å². The van der Waals surface area contributed by atoms with E-state index in [1.165, 1.54) is 22.8 Å². The number of aromatic nitrogens is 1. The van der Waals surface area contributed by atoms with Crippen LogP contribution in [0.4, 0.5) is 0 Å². The normalized spacial score (nSPS) is 15.5. The van der Waals surface area contributed by atoms with Crippen molar-refractivity contribution in [2.45, 2.75) is 26.8 Å². The SMILES string of the molecule is CCOC(=O)C1=C(C)N=c2s/c(=C\c3cc(I)cc(I)c3OC(C)=O)c(=O)n2[C@@H]1c1ccccc1. The van der Waals surface area contributed by atoms with E-state index in [-0.39, 0.29) is 12.2 Å². The van der Waals surface area contributed by atoms with Crippen LogP contribution >= 0.6 is 56.5 Å². The predicted molar refractivity (Wildman–Crippen MR) is 150 cm³/mol. The first-order chi connectivity index (χ1) is 16.7. The minimum atomic E-state index is -0.669. The molecule has 3 aromatic rings. The molecule has 1 atom stereocenters. The lowest BCUT2D eigenvalue weighted by atomic mass is 9.96. The Balaban J connectivity index is 1.97. The van der Waals surface area contributed by atoms with Crippen molar-refractivity contribution in [1.82, 2.24) is 4.57 Å². The molecule has 0 bridgehead atoms. The maximum absolute atomic E-state index is 13.7. The average molecular weight is 714 g/mol. The highest BCUT2D eigenvalue weighted by Crippen LogP contribution is 2.31. The summed E-state index contributed by atoms with van der Waals surface area (Å²) in [6, 6.07) is 12.4. The Morgan fingerprint density at radius 1 is 1.20 bits per heavy atom. The molecule has 180 valence electrons. The van der Waals surface area contributed by atoms with Gasteiger partial charge in [0, 0.05) is 16.1 Å². The number of thiazole rings is 1. The fraction of sp³-hybridized carbons (Fsp3) is 0.200. The number of allylic oxidation sites excluding steroid dienone is 1. The van der Waals surface area contributed by atoms with Crippen LogP contribution in [0.15, 0.2) is 63.5 Å². The lowest BCUT2D eigenvalue weighted by molar-refractivity contribution is -0.139. The molecule has 0 spiro atoms. The molecule has 0 N–H and O–H groups in total. The maximum Gasteiger partial charge on any atom is 0.338 e. The van der Waals surface area contributed by atoms with Crippen LogP contribution in [0.2, 0.25) is 0 Å². The van der Waals surface area contributed by atoms with Gasteiger partial charge in [-0.15, -0.1) is 0 Å². The molecule has 10 heteroatoms. The van der Waals surface area contributed by atoms with Gasteiger partial charge in [0.1, 0.15) is 0 Å². The second kappa shape index (κ2) is 10.7. The third-order valence-electron chi connectivity index (χ3n) is 5.20. The van der Waals surface area contributed by atoms with Crippen molar-refractivity contribution in [1.29, 1.82) is 0 Å². The molecule has 1 aliphatic rings. The van der Waals surface area contributed by atoms with Crippen LogP contribution in [-0.2, 0) is 14.3 Å². The molecule has 0 aliphatic carbocycles. The third-order valence-corrected chi connectivity index (χ3v) is 7.61. The van der Waals surface area contributed by atoms with Crippen LogP contribution in [0.5, 0.6) is 5.75 Å². The summed E-state index contributed by atoms with van der Waals surface area (Å²) in [5, 5.41) is 0. The van der Waals surface area contributed by atoms with E-state index in [9.17, 15) is 14.4 Å². The van der Waals surface area contributed by atoms with Crippen molar-refractivity contribution < 1.29 is 19.1 Å². The number of nitrogens with zero attached hydrogens (tertiary/aromatic N) is 2. The van der Waals surface area contributed by atoms with Gasteiger partial charge in [0.15, 0.2) is 10.6 Å². The minimum absolute atomic E-state index is 0.214. The number of esters is 2. The molecule has 0 unspecified atom stereocenters. The van der Waals surface area contributed by atoms with Gasteiger partial charge in [-0.25, -0.2) is 9.79 Å². The van der Waals surface area contributed by atoms with Crippen LogP contribution in [0.1, 0.15) is 37.9 Å². The highest BCUT2D eigenvalue weighted by molar-refractivity contribution is 14.1. The summed E-state index contributed by atoms with van der Waals surface area (Å²) in [6.45, 7) is 5.04. The number of hydrogen-bond donors (Lipinski definition) is 0. The molecule has 0 saturated heterocycles. The van der Waals surface area contributed by atoms with Crippen LogP contribution in [-0.4, -0.2) is 23.1 Å². The molecular formula is C25H20I2N2O5S. The lowest BCUT2D eigenvalue weighted by Gasteiger charge is -2.24. The fourth-order valence-electron chi connectivity index (χ4n) is 3.82. The lowest BCUT2D eigenvalue weighted by Crippen LogP contribution is -2.39. The number of ether oxygens (including phenoxy) is 2. The first-order valence-corrected chi connectivity index (χ1v) is 13.6. The fourth-order valence-corrected chi connectivity index (χ4v) is 6.86. The van der Waals surface area contributed by atoms with Crippen LogP contribution < -0.4 is 19.6 Å². The zero-order valence-electron chi connectivity index (χ0n) is 19.0. The molecule has 0 saturated carbocycles. The molecule has 2 heterocycles. The average Bonchev–Trinajstić information content (AvgIpc) is 3.10. The van der Waals surface area contributed by atoms with E-state index in [1.807, 2.05) is 42.5 Å². The topological polar surface area (TPSA) is 87.0 Å². The van der Waals surface area contributed by atoms with Crippen LogP contribution in [0.3, 0.4) is 0 Å². The van der Waals surface area contributed by atoms with Gasteiger partial charge >= 0.3 is 11.9 Å². The molecule has 1 aliphatic heterocycles. The summed E-state index contributed by atoms with van der Waals surface area (Å²) < 4.78 is 14.4. The van der Waals surface area contributed by atoms with E-state index in [0.717, 1.165) is 12.7 Å². The number of benzene rings is 2. The molecule has 0 fully saturated rings. The van der Waals surface area contributed by atoms with Gasteiger partial charge in [-0.1, -0.05) is 41.7 Å². The zero-order chi connectivity index (χ0) is 25.3. The number of halogens is 2. The highest BCUT2D eigenvalue weighted by Gasteiger charge is 2.33. The molecule has 1 aromatic heterocycles. The first-order valence-electron chi connectivity index (χ1n) is 10.6. The quantitative estimate of drug-likeness (QED) is 0.227. The maximum atomic E-state index is 13.7. The Morgan fingerprint density at radius 3 is 2.57 bits per heavy atom.